The summed E-state index contributed by atoms with van der Waals surface area (Å²) in [7, 11) is 0. The summed E-state index contributed by atoms with van der Waals surface area (Å²) >= 11 is 3.31. The molecule has 222 valence electrons. The van der Waals surface area contributed by atoms with Gasteiger partial charge in [-0.1, -0.05) is 113 Å². The zero-order valence-electron chi connectivity index (χ0n) is 24.7. The fraction of sp³-hybridized carbons (Fsp3) is 0.444. The number of carbonyl (C=O) groups is 2. The first-order chi connectivity index (χ1) is 20.7. The first-order valence-corrected chi connectivity index (χ1v) is 17.6. The van der Waals surface area contributed by atoms with Crippen molar-refractivity contribution in [3.63, 3.8) is 0 Å². The van der Waals surface area contributed by atoms with Crippen LogP contribution in [0.15, 0.2) is 84.9 Å². The smallest absolute Gasteiger partial charge is 0.268 e. The van der Waals surface area contributed by atoms with Gasteiger partial charge in [0.25, 0.3) is 11.8 Å². The second-order valence-electron chi connectivity index (χ2n) is 11.6. The molecule has 2 amide bonds. The van der Waals surface area contributed by atoms with Crippen molar-refractivity contribution in [2.75, 3.05) is 8.61 Å². The Morgan fingerprint density at radius 2 is 0.762 bits per heavy atom. The van der Waals surface area contributed by atoms with E-state index in [1.54, 1.807) is 23.9 Å². The lowest BCUT2D eigenvalue weighted by Crippen LogP contribution is -2.32. The largest absolute Gasteiger partial charge is 0.269 e. The van der Waals surface area contributed by atoms with Gasteiger partial charge in [0.05, 0.1) is 22.5 Å². The third kappa shape index (κ3) is 8.44. The third-order valence-electron chi connectivity index (χ3n) is 8.35. The molecule has 0 unspecified atom stereocenters. The van der Waals surface area contributed by atoms with E-state index in [1.165, 1.54) is 64.2 Å². The molecule has 0 aliphatic heterocycles. The van der Waals surface area contributed by atoms with Gasteiger partial charge < -0.3 is 0 Å². The van der Waals surface area contributed by atoms with Gasteiger partial charge in [-0.25, -0.2) is 8.61 Å². The van der Waals surface area contributed by atoms with E-state index >= 15 is 0 Å². The Kier molecular flexibility index (Phi) is 11.9. The highest BCUT2D eigenvalue weighted by atomic mass is 32.2. The van der Waals surface area contributed by atoms with Crippen LogP contribution >= 0.6 is 23.9 Å². The molecule has 0 aromatic heterocycles. The van der Waals surface area contributed by atoms with Gasteiger partial charge in [-0.15, -0.1) is 0 Å². The monoisotopic (exact) mass is 600 g/mol. The zero-order valence-corrected chi connectivity index (χ0v) is 26.3. The van der Waals surface area contributed by atoms with Gasteiger partial charge in [0.15, 0.2) is 0 Å². The number of nitrogens with zero attached hydrogens (tertiary/aromatic N) is 2. The lowest BCUT2D eigenvalue weighted by atomic mass is 10.0. The van der Waals surface area contributed by atoms with Crippen LogP contribution in [0.1, 0.15) is 111 Å². The first-order valence-electron chi connectivity index (χ1n) is 15.9. The molecule has 0 N–H and O–H groups in total. The first kappa shape index (κ1) is 30.7. The van der Waals surface area contributed by atoms with E-state index in [-0.39, 0.29) is 11.8 Å². The molecule has 0 spiro atoms. The molecule has 0 radical (unpaired) electrons. The number of benzene rings is 3. The minimum atomic E-state index is -0.124. The molecular formula is C36H44N2O2S2. The van der Waals surface area contributed by atoms with E-state index in [1.807, 2.05) is 93.5 Å². The zero-order chi connectivity index (χ0) is 29.0. The molecule has 6 heteroatoms. The van der Waals surface area contributed by atoms with Gasteiger partial charge in [-0.05, 0) is 86.0 Å². The number of rotatable bonds is 8. The molecule has 2 aliphatic carbocycles. The Morgan fingerprint density at radius 1 is 0.452 bits per heavy atom. The van der Waals surface area contributed by atoms with Crippen LogP contribution in [0.2, 0.25) is 0 Å². The summed E-state index contributed by atoms with van der Waals surface area (Å²) in [5, 5.41) is 0.765. The molecule has 2 aliphatic rings. The maximum absolute atomic E-state index is 14.5. The Hall–Kier alpha value is -2.70. The Bertz CT molecular complexity index is 1160. The molecule has 3 aromatic carbocycles. The van der Waals surface area contributed by atoms with Crippen LogP contribution in [0.25, 0.3) is 0 Å². The molecule has 2 saturated carbocycles. The summed E-state index contributed by atoms with van der Waals surface area (Å²) in [6.07, 6.45) is 16.9. The summed E-state index contributed by atoms with van der Waals surface area (Å²) in [6.45, 7) is 0. The normalized spacial score (nSPS) is 17.3. The highest BCUT2D eigenvalue weighted by Crippen LogP contribution is 2.37. The quantitative estimate of drug-likeness (QED) is 0.241. The van der Waals surface area contributed by atoms with E-state index in [4.69, 9.17) is 0 Å². The van der Waals surface area contributed by atoms with Crippen molar-refractivity contribution >= 4 is 47.1 Å². The lowest BCUT2D eigenvalue weighted by molar-refractivity contribution is 0.0975. The van der Waals surface area contributed by atoms with Gasteiger partial charge in [-0.2, -0.15) is 0 Å². The van der Waals surface area contributed by atoms with Crippen molar-refractivity contribution < 1.29 is 9.59 Å². The third-order valence-corrected chi connectivity index (χ3v) is 11.1. The van der Waals surface area contributed by atoms with Gasteiger partial charge in [0.2, 0.25) is 0 Å². The number of amides is 2. The number of para-hydroxylation sites is 2. The summed E-state index contributed by atoms with van der Waals surface area (Å²) in [5.74, 6) is -0.248. The van der Waals surface area contributed by atoms with Crippen LogP contribution in [0.5, 0.6) is 0 Å². The second-order valence-corrected chi connectivity index (χ2v) is 14.0. The SMILES string of the molecule is O=C(c1ccccc1C(=O)N(SC1CCCCCCC1)c1ccccc1)N(SC1CCCCCCC1)c1ccccc1. The van der Waals surface area contributed by atoms with E-state index in [9.17, 15) is 9.59 Å². The van der Waals surface area contributed by atoms with Crippen molar-refractivity contribution in [2.24, 2.45) is 0 Å². The van der Waals surface area contributed by atoms with Crippen molar-refractivity contribution in [3.8, 4) is 0 Å². The molecule has 4 nitrogen and oxygen atoms in total. The van der Waals surface area contributed by atoms with E-state index < -0.39 is 0 Å². The van der Waals surface area contributed by atoms with E-state index in [2.05, 4.69) is 0 Å². The van der Waals surface area contributed by atoms with Crippen LogP contribution in [-0.2, 0) is 0 Å². The van der Waals surface area contributed by atoms with Crippen molar-refractivity contribution in [1.82, 2.24) is 0 Å². The van der Waals surface area contributed by atoms with Crippen molar-refractivity contribution in [3.05, 3.63) is 96.1 Å². The van der Waals surface area contributed by atoms with E-state index in [0.29, 0.717) is 21.6 Å². The molecule has 5 rings (SSSR count). The Balaban J connectivity index is 1.45. The van der Waals surface area contributed by atoms with Gasteiger partial charge >= 0.3 is 0 Å². The number of anilines is 2. The molecule has 2 fully saturated rings. The van der Waals surface area contributed by atoms with E-state index in [0.717, 1.165) is 37.1 Å². The number of hydrogen-bond donors (Lipinski definition) is 0. The van der Waals surface area contributed by atoms with Gasteiger partial charge in [0, 0.05) is 10.5 Å². The molecular weight excluding hydrogens is 557 g/mol. The predicted molar refractivity (Wildman–Crippen MR) is 180 cm³/mol. The Morgan fingerprint density at radius 3 is 1.12 bits per heavy atom. The van der Waals surface area contributed by atoms with Crippen LogP contribution in [-0.4, -0.2) is 22.3 Å². The van der Waals surface area contributed by atoms with Crippen LogP contribution in [0, 0.1) is 0 Å². The van der Waals surface area contributed by atoms with Crippen LogP contribution < -0.4 is 8.61 Å². The fourth-order valence-corrected chi connectivity index (χ4v) is 8.56. The summed E-state index contributed by atoms with van der Waals surface area (Å²) in [4.78, 5) is 28.9. The molecule has 42 heavy (non-hydrogen) atoms. The highest BCUT2D eigenvalue weighted by molar-refractivity contribution is 8.02. The molecule has 0 heterocycles. The highest BCUT2D eigenvalue weighted by Gasteiger charge is 2.30. The lowest BCUT2D eigenvalue weighted by Gasteiger charge is -2.30. The number of hydrogen-bond acceptors (Lipinski definition) is 4. The average Bonchev–Trinajstić information content (AvgIpc) is 3.00. The standard InChI is InChI=1S/C36H44N2O2S2/c39-35(37(29-19-9-7-10-20-29)41-31-23-13-3-1-4-14-24-31)33-27-17-18-28-34(33)36(40)38(30-21-11-8-12-22-30)42-32-25-15-5-2-6-16-26-32/h7-12,17-22,27-28,31-32H,1-6,13-16,23-26H2. The van der Waals surface area contributed by atoms with Crippen molar-refractivity contribution in [1.29, 1.82) is 0 Å². The maximum Gasteiger partial charge on any atom is 0.269 e. The topological polar surface area (TPSA) is 40.6 Å². The summed E-state index contributed by atoms with van der Waals surface area (Å²) < 4.78 is 3.71. The summed E-state index contributed by atoms with van der Waals surface area (Å²) in [6, 6.07) is 27.3. The fourth-order valence-electron chi connectivity index (χ4n) is 6.00. The predicted octanol–water partition coefficient (Wildman–Crippen LogP) is 10.5. The van der Waals surface area contributed by atoms with Crippen molar-refractivity contribution in [2.45, 2.75) is 100 Å². The van der Waals surface area contributed by atoms with Crippen LogP contribution in [0.4, 0.5) is 11.4 Å². The molecule has 0 atom stereocenters. The maximum atomic E-state index is 14.5. The molecule has 0 saturated heterocycles. The minimum Gasteiger partial charge on any atom is -0.268 e. The molecule has 0 bridgehead atoms. The second kappa shape index (κ2) is 16.2. The number of carbonyl (C=O) groups excluding carboxylic acids is 2. The van der Waals surface area contributed by atoms with Crippen LogP contribution in [0.3, 0.4) is 0 Å². The van der Waals surface area contributed by atoms with Gasteiger partial charge in [-0.3, -0.25) is 9.59 Å². The summed E-state index contributed by atoms with van der Waals surface area (Å²) in [5.41, 5.74) is 2.65. The Labute approximate surface area is 260 Å². The molecule has 3 aromatic rings. The minimum absolute atomic E-state index is 0.124. The average molecular weight is 601 g/mol. The van der Waals surface area contributed by atoms with Gasteiger partial charge in [0.1, 0.15) is 0 Å².